The van der Waals surface area contributed by atoms with Crippen molar-refractivity contribution in [2.45, 2.75) is 19.3 Å². The number of rotatable bonds is 7. The quantitative estimate of drug-likeness (QED) is 0.529. The second-order valence-corrected chi connectivity index (χ2v) is 2.59. The van der Waals surface area contributed by atoms with Crippen molar-refractivity contribution in [1.29, 1.82) is 0 Å². The molecule has 0 aromatic heterocycles. The van der Waals surface area contributed by atoms with Gasteiger partial charge in [-0.2, -0.15) is 0 Å². The molecule has 0 aliphatic heterocycles. The number of ether oxygens (including phenoxy) is 1. The van der Waals surface area contributed by atoms with E-state index in [0.717, 1.165) is 12.8 Å². The molecule has 0 atom stereocenters. The second-order valence-electron chi connectivity index (χ2n) is 2.59. The predicted octanol–water partition coefficient (Wildman–Crippen LogP) is -0.122. The van der Waals surface area contributed by atoms with Gasteiger partial charge in [0.2, 0.25) is 5.91 Å². The highest BCUT2D eigenvalue weighted by Gasteiger charge is 1.98. The van der Waals surface area contributed by atoms with Crippen molar-refractivity contribution < 1.29 is 9.53 Å². The van der Waals surface area contributed by atoms with E-state index in [0.29, 0.717) is 26.1 Å². The molecule has 0 aromatic carbocycles. The lowest BCUT2D eigenvalue weighted by atomic mass is 10.2. The maximum atomic E-state index is 11.0. The zero-order chi connectivity index (χ0) is 9.23. The summed E-state index contributed by atoms with van der Waals surface area (Å²) in [6.45, 7) is 1.83. The van der Waals surface area contributed by atoms with Gasteiger partial charge in [-0.05, 0) is 19.4 Å². The van der Waals surface area contributed by atoms with Crippen LogP contribution in [0, 0.1) is 0 Å². The van der Waals surface area contributed by atoms with Gasteiger partial charge >= 0.3 is 0 Å². The van der Waals surface area contributed by atoms with Crippen LogP contribution in [0.3, 0.4) is 0 Å². The molecule has 0 aliphatic carbocycles. The molecule has 1 amide bonds. The Labute approximate surface area is 73.5 Å². The zero-order valence-corrected chi connectivity index (χ0v) is 7.64. The number of unbranched alkanes of at least 4 members (excludes halogenated alkanes) is 1. The number of hydrogen-bond acceptors (Lipinski definition) is 3. The van der Waals surface area contributed by atoms with Crippen LogP contribution in [0.25, 0.3) is 0 Å². The molecular formula is C8H18N2O2. The first-order chi connectivity index (χ1) is 5.81. The fourth-order valence-electron chi connectivity index (χ4n) is 0.811. The van der Waals surface area contributed by atoms with E-state index in [-0.39, 0.29) is 5.91 Å². The lowest BCUT2D eigenvalue weighted by molar-refractivity contribution is -0.121. The molecule has 0 aliphatic rings. The predicted molar refractivity (Wildman–Crippen MR) is 47.8 cm³/mol. The minimum absolute atomic E-state index is 0.0838. The first-order valence-electron chi connectivity index (χ1n) is 4.27. The van der Waals surface area contributed by atoms with Crippen LogP contribution in [-0.4, -0.2) is 32.7 Å². The van der Waals surface area contributed by atoms with Gasteiger partial charge in [-0.3, -0.25) is 4.79 Å². The van der Waals surface area contributed by atoms with E-state index in [1.807, 2.05) is 0 Å². The van der Waals surface area contributed by atoms with E-state index in [2.05, 4.69) is 5.32 Å². The summed E-state index contributed by atoms with van der Waals surface area (Å²) in [4.78, 5) is 11.0. The molecule has 12 heavy (non-hydrogen) atoms. The molecule has 0 unspecified atom stereocenters. The Bertz CT molecular complexity index is 106. The molecule has 72 valence electrons. The molecule has 0 fully saturated rings. The molecule has 4 heteroatoms. The smallest absolute Gasteiger partial charge is 0.220 e. The summed E-state index contributed by atoms with van der Waals surface area (Å²) < 4.78 is 4.78. The lowest BCUT2D eigenvalue weighted by Gasteiger charge is -2.03. The van der Waals surface area contributed by atoms with Gasteiger partial charge in [-0.1, -0.05) is 0 Å². The first kappa shape index (κ1) is 11.4. The van der Waals surface area contributed by atoms with Crippen molar-refractivity contribution in [2.24, 2.45) is 5.73 Å². The van der Waals surface area contributed by atoms with Crippen molar-refractivity contribution in [3.05, 3.63) is 0 Å². The minimum Gasteiger partial charge on any atom is -0.383 e. The van der Waals surface area contributed by atoms with Gasteiger partial charge in [0.15, 0.2) is 0 Å². The monoisotopic (exact) mass is 174 g/mol. The fourth-order valence-corrected chi connectivity index (χ4v) is 0.811. The van der Waals surface area contributed by atoms with Gasteiger partial charge in [0.05, 0.1) is 6.61 Å². The molecule has 0 spiro atoms. The van der Waals surface area contributed by atoms with Crippen molar-refractivity contribution in [2.75, 3.05) is 26.8 Å². The summed E-state index contributed by atoms with van der Waals surface area (Å²) in [5, 5.41) is 2.74. The average Bonchev–Trinajstić information content (AvgIpc) is 2.06. The van der Waals surface area contributed by atoms with Crippen LogP contribution in [0.1, 0.15) is 19.3 Å². The number of carbonyl (C=O) groups is 1. The standard InChI is InChI=1S/C8H18N2O2/c1-12-7-6-10-8(11)4-2-3-5-9/h2-7,9H2,1H3,(H,10,11). The summed E-state index contributed by atoms with van der Waals surface area (Å²) in [7, 11) is 1.61. The highest BCUT2D eigenvalue weighted by molar-refractivity contribution is 5.75. The number of nitrogens with one attached hydrogen (secondary N) is 1. The van der Waals surface area contributed by atoms with Crippen LogP contribution >= 0.6 is 0 Å². The third-order valence-corrected chi connectivity index (χ3v) is 1.49. The van der Waals surface area contributed by atoms with Gasteiger partial charge < -0.3 is 15.8 Å². The number of carbonyl (C=O) groups excluding carboxylic acids is 1. The van der Waals surface area contributed by atoms with Crippen LogP contribution < -0.4 is 11.1 Å². The molecule has 0 radical (unpaired) electrons. The molecule has 3 N–H and O–H groups in total. The highest BCUT2D eigenvalue weighted by Crippen LogP contribution is 1.92. The zero-order valence-electron chi connectivity index (χ0n) is 7.64. The van der Waals surface area contributed by atoms with Crippen LogP contribution in [0.5, 0.6) is 0 Å². The van der Waals surface area contributed by atoms with Crippen LogP contribution in [0.4, 0.5) is 0 Å². The molecule has 4 nitrogen and oxygen atoms in total. The summed E-state index contributed by atoms with van der Waals surface area (Å²) in [6, 6.07) is 0. The van der Waals surface area contributed by atoms with Crippen LogP contribution in [0.15, 0.2) is 0 Å². The number of nitrogens with two attached hydrogens (primary N) is 1. The molecule has 0 heterocycles. The van der Waals surface area contributed by atoms with E-state index in [1.54, 1.807) is 7.11 Å². The highest BCUT2D eigenvalue weighted by atomic mass is 16.5. The van der Waals surface area contributed by atoms with E-state index >= 15 is 0 Å². The second kappa shape index (κ2) is 8.49. The largest absolute Gasteiger partial charge is 0.383 e. The average molecular weight is 174 g/mol. The van der Waals surface area contributed by atoms with Crippen LogP contribution in [0.2, 0.25) is 0 Å². The van der Waals surface area contributed by atoms with Gasteiger partial charge in [0, 0.05) is 20.1 Å². The van der Waals surface area contributed by atoms with Crippen LogP contribution in [-0.2, 0) is 9.53 Å². The molecule has 0 saturated heterocycles. The number of amides is 1. The molecule has 0 aromatic rings. The Morgan fingerprint density at radius 1 is 1.50 bits per heavy atom. The van der Waals surface area contributed by atoms with Gasteiger partial charge in [-0.15, -0.1) is 0 Å². The number of hydrogen-bond donors (Lipinski definition) is 2. The number of methoxy groups -OCH3 is 1. The van der Waals surface area contributed by atoms with Gasteiger partial charge in [-0.25, -0.2) is 0 Å². The Hall–Kier alpha value is -0.610. The maximum Gasteiger partial charge on any atom is 0.220 e. The third-order valence-electron chi connectivity index (χ3n) is 1.49. The van der Waals surface area contributed by atoms with Crippen molar-refractivity contribution in [3.8, 4) is 0 Å². The molecule has 0 bridgehead atoms. The molecular weight excluding hydrogens is 156 g/mol. The summed E-state index contributed by atoms with van der Waals surface area (Å²) in [6.07, 6.45) is 2.36. The van der Waals surface area contributed by atoms with E-state index < -0.39 is 0 Å². The van der Waals surface area contributed by atoms with Gasteiger partial charge in [0.1, 0.15) is 0 Å². The lowest BCUT2D eigenvalue weighted by Crippen LogP contribution is -2.26. The van der Waals surface area contributed by atoms with E-state index in [1.165, 1.54) is 0 Å². The molecule has 0 rings (SSSR count). The fraction of sp³-hybridized carbons (Fsp3) is 0.875. The Morgan fingerprint density at radius 3 is 2.83 bits per heavy atom. The topological polar surface area (TPSA) is 64.3 Å². The Kier molecular flexibility index (Phi) is 8.05. The minimum atomic E-state index is 0.0838. The van der Waals surface area contributed by atoms with Crippen molar-refractivity contribution in [1.82, 2.24) is 5.32 Å². The normalized spacial score (nSPS) is 9.83. The third kappa shape index (κ3) is 7.50. The SMILES string of the molecule is COCCNC(=O)CCCCN. The van der Waals surface area contributed by atoms with Crippen molar-refractivity contribution >= 4 is 5.91 Å². The van der Waals surface area contributed by atoms with E-state index in [9.17, 15) is 4.79 Å². The summed E-state index contributed by atoms with van der Waals surface area (Å²) >= 11 is 0. The van der Waals surface area contributed by atoms with Crippen molar-refractivity contribution in [3.63, 3.8) is 0 Å². The summed E-state index contributed by atoms with van der Waals surface area (Å²) in [5.41, 5.74) is 5.28. The Morgan fingerprint density at radius 2 is 2.25 bits per heavy atom. The van der Waals surface area contributed by atoms with Gasteiger partial charge in [0.25, 0.3) is 0 Å². The molecule has 0 saturated carbocycles. The maximum absolute atomic E-state index is 11.0. The van der Waals surface area contributed by atoms with E-state index in [4.69, 9.17) is 10.5 Å². The first-order valence-corrected chi connectivity index (χ1v) is 4.27. The summed E-state index contributed by atoms with van der Waals surface area (Å²) in [5.74, 6) is 0.0838. The Balaban J connectivity index is 3.10.